The molecule has 0 radical (unpaired) electrons. The molecule has 144 valence electrons. The normalized spacial score (nSPS) is 17.1. The number of nitrogens with zero attached hydrogens (tertiary/aromatic N) is 4. The molecule has 0 aliphatic carbocycles. The van der Waals surface area contributed by atoms with Crippen LogP contribution in [0.15, 0.2) is 29.2 Å². The Kier molecular flexibility index (Phi) is 5.68. The lowest BCUT2D eigenvalue weighted by atomic mass is 9.97. The van der Waals surface area contributed by atoms with E-state index in [1.165, 1.54) is 10.6 Å². The van der Waals surface area contributed by atoms with Gasteiger partial charge < -0.3 is 10.2 Å². The Morgan fingerprint density at radius 1 is 1.44 bits per heavy atom. The maximum Gasteiger partial charge on any atom is 0.376 e. The molecule has 1 saturated heterocycles. The van der Waals surface area contributed by atoms with Crippen molar-refractivity contribution >= 4 is 23.1 Å². The van der Waals surface area contributed by atoms with E-state index in [-0.39, 0.29) is 17.6 Å². The number of amides is 1. The van der Waals surface area contributed by atoms with Gasteiger partial charge in [0.05, 0.1) is 10.8 Å². The Labute approximate surface area is 156 Å². The molecular weight excluding hydrogens is 350 g/mol. The van der Waals surface area contributed by atoms with Crippen LogP contribution >= 0.6 is 0 Å². The zero-order valence-electron chi connectivity index (χ0n) is 15.3. The fraction of sp³-hybridized carbons (Fsp3) is 0.500. The molecular formula is C18H23N5O4. The van der Waals surface area contributed by atoms with Crippen LogP contribution in [0.4, 0.5) is 11.5 Å². The summed E-state index contributed by atoms with van der Waals surface area (Å²) < 4.78 is 1.17. The van der Waals surface area contributed by atoms with Gasteiger partial charge in [0.2, 0.25) is 11.7 Å². The summed E-state index contributed by atoms with van der Waals surface area (Å²) in [7, 11) is 0. The number of hydrogen-bond acceptors (Lipinski definition) is 6. The molecule has 1 unspecified atom stereocenters. The number of carbonyl (C=O) groups excluding carboxylic acids is 1. The Hall–Kier alpha value is -2.97. The third-order valence-corrected chi connectivity index (χ3v) is 4.80. The minimum atomic E-state index is -0.713. The van der Waals surface area contributed by atoms with E-state index < -0.39 is 16.2 Å². The molecule has 3 rings (SSSR count). The van der Waals surface area contributed by atoms with E-state index in [2.05, 4.69) is 17.2 Å². The number of carbonyl (C=O) groups is 1. The van der Waals surface area contributed by atoms with Crippen molar-refractivity contribution in [3.05, 3.63) is 44.9 Å². The molecule has 1 aliphatic rings. The summed E-state index contributed by atoms with van der Waals surface area (Å²) in [4.78, 5) is 41.9. The number of anilines is 1. The molecule has 0 bridgehead atoms. The number of nitro groups is 1. The van der Waals surface area contributed by atoms with E-state index in [1.54, 1.807) is 23.1 Å². The third-order valence-electron chi connectivity index (χ3n) is 4.80. The van der Waals surface area contributed by atoms with E-state index in [0.717, 1.165) is 19.3 Å². The summed E-state index contributed by atoms with van der Waals surface area (Å²) >= 11 is 0. The van der Waals surface area contributed by atoms with Crippen molar-refractivity contribution in [2.24, 2.45) is 5.92 Å². The first-order chi connectivity index (χ1) is 13.0. The van der Waals surface area contributed by atoms with Crippen LogP contribution in [0.5, 0.6) is 0 Å². The van der Waals surface area contributed by atoms with Gasteiger partial charge in [-0.25, -0.2) is 4.98 Å². The minimum absolute atomic E-state index is 0.0438. The van der Waals surface area contributed by atoms with Crippen molar-refractivity contribution in [3.8, 4) is 0 Å². The number of pyridine rings is 1. The lowest BCUT2D eigenvalue weighted by molar-refractivity contribution is -0.385. The topological polar surface area (TPSA) is 110 Å². The quantitative estimate of drug-likeness (QED) is 0.469. The van der Waals surface area contributed by atoms with Crippen LogP contribution in [0, 0.1) is 16.0 Å². The Morgan fingerprint density at radius 2 is 2.26 bits per heavy atom. The second-order valence-corrected chi connectivity index (χ2v) is 6.70. The summed E-state index contributed by atoms with van der Waals surface area (Å²) in [5, 5.41) is 14.5. The Balaban J connectivity index is 1.92. The monoisotopic (exact) mass is 373 g/mol. The van der Waals surface area contributed by atoms with Crippen LogP contribution in [-0.4, -0.2) is 39.8 Å². The summed E-state index contributed by atoms with van der Waals surface area (Å²) in [6.07, 6.45) is 4.79. The standard InChI is InChI=1S/C18H23N5O4/c1-2-3-9-19-17(24)13-7-6-10-21(12-13)16-15(23(26)27)18(25)22-11-5-4-8-14(22)20-16/h4-5,8,11,13H,2-3,6-7,9-10,12H2,1H3,(H,19,24). The molecule has 27 heavy (non-hydrogen) atoms. The molecule has 0 saturated carbocycles. The highest BCUT2D eigenvalue weighted by Crippen LogP contribution is 2.28. The first-order valence-electron chi connectivity index (χ1n) is 9.21. The van der Waals surface area contributed by atoms with Gasteiger partial charge in [-0.2, -0.15) is 0 Å². The second kappa shape index (κ2) is 8.15. The maximum atomic E-state index is 12.6. The molecule has 1 atom stereocenters. The van der Waals surface area contributed by atoms with Gasteiger partial charge >= 0.3 is 11.2 Å². The Bertz CT molecular complexity index is 910. The first kappa shape index (κ1) is 18.8. The van der Waals surface area contributed by atoms with Crippen LogP contribution in [0.1, 0.15) is 32.6 Å². The molecule has 1 amide bonds. The van der Waals surface area contributed by atoms with Gasteiger partial charge in [-0.3, -0.25) is 24.1 Å². The van der Waals surface area contributed by atoms with E-state index >= 15 is 0 Å². The van der Waals surface area contributed by atoms with E-state index in [4.69, 9.17) is 0 Å². The number of hydrogen-bond donors (Lipinski definition) is 1. The lowest BCUT2D eigenvalue weighted by Gasteiger charge is -2.32. The molecule has 9 nitrogen and oxygen atoms in total. The number of nitrogens with one attached hydrogen (secondary N) is 1. The summed E-state index contributed by atoms with van der Waals surface area (Å²) in [6, 6.07) is 4.97. The van der Waals surface area contributed by atoms with Gasteiger partial charge in [-0.05, 0) is 31.4 Å². The molecule has 0 spiro atoms. The van der Waals surface area contributed by atoms with Crippen LogP contribution in [0.25, 0.3) is 5.65 Å². The highest BCUT2D eigenvalue weighted by Gasteiger charge is 2.32. The Morgan fingerprint density at radius 3 is 3.00 bits per heavy atom. The average molecular weight is 373 g/mol. The summed E-state index contributed by atoms with van der Waals surface area (Å²) in [6.45, 7) is 3.52. The first-order valence-corrected chi connectivity index (χ1v) is 9.21. The molecule has 0 aromatic carbocycles. The number of fused-ring (bicyclic) bond motifs is 1. The largest absolute Gasteiger partial charge is 0.376 e. The van der Waals surface area contributed by atoms with Gasteiger partial charge in [0.25, 0.3) is 0 Å². The van der Waals surface area contributed by atoms with Crippen molar-refractivity contribution in [1.29, 1.82) is 0 Å². The number of aromatic nitrogens is 2. The molecule has 3 heterocycles. The fourth-order valence-electron chi connectivity index (χ4n) is 3.36. The molecule has 1 fully saturated rings. The maximum absolute atomic E-state index is 12.6. The number of piperidine rings is 1. The molecule has 9 heteroatoms. The molecule has 2 aromatic heterocycles. The van der Waals surface area contributed by atoms with Crippen LogP contribution < -0.4 is 15.8 Å². The lowest BCUT2D eigenvalue weighted by Crippen LogP contribution is -2.44. The number of unbranched alkanes of at least 4 members (excludes halogenated alkanes) is 1. The van der Waals surface area contributed by atoms with Gasteiger partial charge in [0.15, 0.2) is 0 Å². The van der Waals surface area contributed by atoms with Crippen molar-refractivity contribution in [3.63, 3.8) is 0 Å². The highest BCUT2D eigenvalue weighted by atomic mass is 16.6. The zero-order valence-corrected chi connectivity index (χ0v) is 15.3. The van der Waals surface area contributed by atoms with Gasteiger partial charge in [0.1, 0.15) is 5.65 Å². The van der Waals surface area contributed by atoms with E-state index in [0.29, 0.717) is 31.7 Å². The van der Waals surface area contributed by atoms with Crippen molar-refractivity contribution < 1.29 is 9.72 Å². The van der Waals surface area contributed by atoms with Crippen molar-refractivity contribution in [2.45, 2.75) is 32.6 Å². The van der Waals surface area contributed by atoms with Gasteiger partial charge in [0, 0.05) is 25.8 Å². The van der Waals surface area contributed by atoms with Gasteiger partial charge in [-0.15, -0.1) is 0 Å². The number of rotatable bonds is 6. The van der Waals surface area contributed by atoms with Crippen LogP contribution in [0.3, 0.4) is 0 Å². The molecule has 1 N–H and O–H groups in total. The minimum Gasteiger partial charge on any atom is -0.356 e. The zero-order chi connectivity index (χ0) is 19.4. The summed E-state index contributed by atoms with van der Waals surface area (Å²) in [5.41, 5.74) is -0.918. The summed E-state index contributed by atoms with van der Waals surface area (Å²) in [5.74, 6) is -0.276. The fourth-order valence-corrected chi connectivity index (χ4v) is 3.36. The molecule has 1 aliphatic heterocycles. The smallest absolute Gasteiger partial charge is 0.356 e. The van der Waals surface area contributed by atoms with Crippen molar-refractivity contribution in [1.82, 2.24) is 14.7 Å². The second-order valence-electron chi connectivity index (χ2n) is 6.70. The highest BCUT2D eigenvalue weighted by molar-refractivity contribution is 5.79. The molecule has 2 aromatic rings. The van der Waals surface area contributed by atoms with Crippen LogP contribution in [0.2, 0.25) is 0 Å². The van der Waals surface area contributed by atoms with Crippen molar-refractivity contribution in [2.75, 3.05) is 24.5 Å². The van der Waals surface area contributed by atoms with Gasteiger partial charge in [-0.1, -0.05) is 19.4 Å². The SMILES string of the molecule is CCCCNC(=O)C1CCCN(c2nc3ccccn3c(=O)c2[N+](=O)[O-])C1. The van der Waals surface area contributed by atoms with E-state index in [9.17, 15) is 19.7 Å². The van der Waals surface area contributed by atoms with E-state index in [1.807, 2.05) is 0 Å². The predicted octanol–water partition coefficient (Wildman–Crippen LogP) is 1.74. The third kappa shape index (κ3) is 3.91. The predicted molar refractivity (Wildman–Crippen MR) is 101 cm³/mol. The van der Waals surface area contributed by atoms with Crippen LogP contribution in [-0.2, 0) is 4.79 Å². The average Bonchev–Trinajstić information content (AvgIpc) is 2.67.